The Kier molecular flexibility index (Phi) is 25.2. The number of hydrogen-bond acceptors (Lipinski definition) is 4. The Morgan fingerprint density at radius 1 is 0.682 bits per heavy atom. The van der Waals surface area contributed by atoms with E-state index >= 15 is 0 Å². The maximum atomic E-state index is 12.5. The van der Waals surface area contributed by atoms with Gasteiger partial charge >= 0.3 is 5.97 Å². The molecule has 1 aromatic heterocycles. The minimum absolute atomic E-state index is 0.0779. The average molecular weight is 617 g/mol. The second kappa shape index (κ2) is 28.1. The Labute approximate surface area is 269 Å². The van der Waals surface area contributed by atoms with Crippen LogP contribution in [0.15, 0.2) is 24.5 Å². The predicted octanol–water partition coefficient (Wildman–Crippen LogP) is 8.05. The number of amides is 2. The molecule has 1 heterocycles. The molecule has 2 amide bonds. The van der Waals surface area contributed by atoms with Crippen LogP contribution in [-0.2, 0) is 25.7 Å². The van der Waals surface area contributed by atoms with E-state index in [1.807, 2.05) is 0 Å². The molecule has 252 valence electrons. The molecule has 0 aromatic carbocycles. The molecule has 1 atom stereocenters. The first-order chi connectivity index (χ1) is 21.5. The minimum Gasteiger partial charge on any atom is -0.464 e. The van der Waals surface area contributed by atoms with Crippen molar-refractivity contribution in [1.29, 1.82) is 0 Å². The van der Waals surface area contributed by atoms with Gasteiger partial charge in [0, 0.05) is 37.9 Å². The molecule has 0 spiro atoms. The van der Waals surface area contributed by atoms with Gasteiger partial charge < -0.3 is 15.4 Å². The molecule has 2 N–H and O–H groups in total. The molecule has 0 unspecified atom stereocenters. The number of hydrogen-bond donors (Lipinski definition) is 2. The number of aryl methyl sites for hydroxylation is 2. The van der Waals surface area contributed by atoms with E-state index in [1.54, 1.807) is 6.92 Å². The zero-order valence-electron chi connectivity index (χ0n) is 28.6. The monoisotopic (exact) mass is 617 g/mol. The molecule has 0 saturated carbocycles. The van der Waals surface area contributed by atoms with Crippen LogP contribution >= 0.6 is 0 Å². The number of ether oxygens (including phenoxy) is 1. The molecule has 0 aliphatic rings. The van der Waals surface area contributed by atoms with Crippen molar-refractivity contribution in [3.8, 4) is 0 Å². The van der Waals surface area contributed by atoms with E-state index in [2.05, 4.69) is 53.6 Å². The van der Waals surface area contributed by atoms with Gasteiger partial charge in [-0.25, -0.2) is 9.36 Å². The number of esters is 1. The molecule has 1 rings (SSSR count). The summed E-state index contributed by atoms with van der Waals surface area (Å²) in [4.78, 5) is 37.1. The number of aromatic nitrogens is 1. The van der Waals surface area contributed by atoms with E-state index in [0.29, 0.717) is 32.4 Å². The summed E-state index contributed by atoms with van der Waals surface area (Å²) in [7, 11) is 0. The summed E-state index contributed by atoms with van der Waals surface area (Å²) >= 11 is 0. The summed E-state index contributed by atoms with van der Waals surface area (Å²) in [6.45, 7) is 8.12. The van der Waals surface area contributed by atoms with Gasteiger partial charge in [0.05, 0.1) is 6.61 Å². The number of pyridine rings is 1. The first kappa shape index (κ1) is 39.6. The lowest BCUT2D eigenvalue weighted by atomic mass is 10.1. The standard InChI is InChI=1S/C37H65N3O4/c1-4-6-7-8-9-10-13-16-19-25-35(41)38-29-22-21-24-34(37(43)44-5-2)39-36(42)26-20-17-14-11-12-15-18-23-30-40-31-27-33(3)28-32-40/h27-28,31-32,34H,4-26,29-30H2,1-3H3,(H-,38,39,41,42)/p+1/t34-/m0/s1. The first-order valence-electron chi connectivity index (χ1n) is 18.1. The molecule has 0 aliphatic heterocycles. The van der Waals surface area contributed by atoms with E-state index < -0.39 is 6.04 Å². The second-order valence-electron chi connectivity index (χ2n) is 12.5. The van der Waals surface area contributed by atoms with Gasteiger partial charge in [-0.05, 0) is 57.9 Å². The largest absolute Gasteiger partial charge is 0.464 e. The van der Waals surface area contributed by atoms with Crippen molar-refractivity contribution >= 4 is 17.8 Å². The van der Waals surface area contributed by atoms with Crippen molar-refractivity contribution < 1.29 is 23.7 Å². The van der Waals surface area contributed by atoms with Gasteiger partial charge in [0.15, 0.2) is 12.4 Å². The SMILES string of the molecule is CCCCCCCCCCCC(=O)NCCCC[C@H](NC(=O)CCCCCCCCCC[n+]1ccc(C)cc1)C(=O)OCC. The predicted molar refractivity (Wildman–Crippen MR) is 180 cm³/mol. The number of carbonyl (C=O) groups excluding carboxylic acids is 3. The Morgan fingerprint density at radius 2 is 1.20 bits per heavy atom. The molecule has 7 heteroatoms. The van der Waals surface area contributed by atoms with E-state index in [4.69, 9.17) is 4.74 Å². The Balaban J connectivity index is 2.06. The van der Waals surface area contributed by atoms with Gasteiger partial charge in [0.2, 0.25) is 11.8 Å². The van der Waals surface area contributed by atoms with Crippen LogP contribution in [0.2, 0.25) is 0 Å². The molecule has 0 saturated heterocycles. The van der Waals surface area contributed by atoms with Crippen molar-refractivity contribution in [1.82, 2.24) is 10.6 Å². The van der Waals surface area contributed by atoms with Crippen LogP contribution in [0, 0.1) is 6.92 Å². The van der Waals surface area contributed by atoms with E-state index in [-0.39, 0.29) is 17.8 Å². The number of nitrogens with zero attached hydrogens (tertiary/aromatic N) is 1. The molecule has 7 nitrogen and oxygen atoms in total. The third-order valence-corrected chi connectivity index (χ3v) is 8.28. The fourth-order valence-electron chi connectivity index (χ4n) is 5.47. The van der Waals surface area contributed by atoms with Crippen LogP contribution in [-0.4, -0.2) is 37.0 Å². The van der Waals surface area contributed by atoms with Crippen molar-refractivity contribution in [2.24, 2.45) is 0 Å². The molecule has 0 bridgehead atoms. The van der Waals surface area contributed by atoms with E-state index in [9.17, 15) is 14.4 Å². The van der Waals surface area contributed by atoms with Crippen LogP contribution in [0.25, 0.3) is 0 Å². The highest BCUT2D eigenvalue weighted by Gasteiger charge is 2.21. The summed E-state index contributed by atoms with van der Waals surface area (Å²) in [5, 5.41) is 5.90. The van der Waals surface area contributed by atoms with Crippen molar-refractivity contribution in [3.63, 3.8) is 0 Å². The highest BCUT2D eigenvalue weighted by molar-refractivity contribution is 5.84. The zero-order valence-corrected chi connectivity index (χ0v) is 28.6. The summed E-state index contributed by atoms with van der Waals surface area (Å²) in [5.74, 6) is -0.331. The number of unbranched alkanes of at least 4 members (excludes halogenated alkanes) is 16. The highest BCUT2D eigenvalue weighted by Crippen LogP contribution is 2.12. The van der Waals surface area contributed by atoms with Crippen molar-refractivity contribution in [2.45, 2.75) is 175 Å². The van der Waals surface area contributed by atoms with Crippen LogP contribution < -0.4 is 15.2 Å². The summed E-state index contributed by atoms with van der Waals surface area (Å²) < 4.78 is 7.45. The van der Waals surface area contributed by atoms with E-state index in [0.717, 1.165) is 51.5 Å². The molecule has 1 aromatic rings. The third kappa shape index (κ3) is 23.0. The smallest absolute Gasteiger partial charge is 0.328 e. The lowest BCUT2D eigenvalue weighted by Crippen LogP contribution is -2.41. The van der Waals surface area contributed by atoms with Gasteiger partial charge in [-0.1, -0.05) is 90.4 Å². The zero-order chi connectivity index (χ0) is 32.1. The molecule has 44 heavy (non-hydrogen) atoms. The van der Waals surface area contributed by atoms with Gasteiger partial charge in [-0.2, -0.15) is 0 Å². The Bertz CT molecular complexity index is 859. The highest BCUT2D eigenvalue weighted by atomic mass is 16.5. The van der Waals surface area contributed by atoms with Crippen LogP contribution in [0.3, 0.4) is 0 Å². The van der Waals surface area contributed by atoms with Crippen molar-refractivity contribution in [2.75, 3.05) is 13.2 Å². The maximum Gasteiger partial charge on any atom is 0.328 e. The molecular weight excluding hydrogens is 550 g/mol. The molecule has 0 fully saturated rings. The molecular formula is C37H66N3O4+. The van der Waals surface area contributed by atoms with Crippen LogP contribution in [0.4, 0.5) is 0 Å². The average Bonchev–Trinajstić information content (AvgIpc) is 3.01. The fraction of sp³-hybridized carbons (Fsp3) is 0.784. The second-order valence-corrected chi connectivity index (χ2v) is 12.5. The van der Waals surface area contributed by atoms with E-state index in [1.165, 1.54) is 82.6 Å². The lowest BCUT2D eigenvalue weighted by molar-refractivity contribution is -0.697. The van der Waals surface area contributed by atoms with Gasteiger partial charge in [0.1, 0.15) is 12.6 Å². The summed E-state index contributed by atoms with van der Waals surface area (Å²) in [5.41, 5.74) is 1.30. The van der Waals surface area contributed by atoms with Crippen LogP contribution in [0.1, 0.15) is 161 Å². The van der Waals surface area contributed by atoms with Crippen molar-refractivity contribution in [3.05, 3.63) is 30.1 Å². The summed E-state index contributed by atoms with van der Waals surface area (Å²) in [6, 6.07) is 3.69. The number of carbonyl (C=O) groups is 3. The number of nitrogens with one attached hydrogen (secondary N) is 2. The maximum absolute atomic E-state index is 12.5. The van der Waals surface area contributed by atoms with Gasteiger partial charge in [-0.15, -0.1) is 0 Å². The first-order valence-corrected chi connectivity index (χ1v) is 18.1. The molecule has 0 radical (unpaired) electrons. The Hall–Kier alpha value is -2.44. The Morgan fingerprint density at radius 3 is 1.77 bits per heavy atom. The summed E-state index contributed by atoms with van der Waals surface area (Å²) in [6.07, 6.45) is 27.8. The van der Waals surface area contributed by atoms with Gasteiger partial charge in [-0.3, -0.25) is 9.59 Å². The normalized spacial score (nSPS) is 11.7. The molecule has 0 aliphatic carbocycles. The minimum atomic E-state index is -0.613. The quantitative estimate of drug-likeness (QED) is 0.0542. The topological polar surface area (TPSA) is 88.4 Å². The van der Waals surface area contributed by atoms with Crippen LogP contribution in [0.5, 0.6) is 0 Å². The van der Waals surface area contributed by atoms with Gasteiger partial charge in [0.25, 0.3) is 0 Å². The third-order valence-electron chi connectivity index (χ3n) is 8.28. The number of rotatable bonds is 29. The fourth-order valence-corrected chi connectivity index (χ4v) is 5.47. The lowest BCUT2D eigenvalue weighted by Gasteiger charge is -2.17.